The summed E-state index contributed by atoms with van der Waals surface area (Å²) in [5, 5.41) is 9.78. The average Bonchev–Trinajstić information content (AvgIpc) is 2.28. The van der Waals surface area contributed by atoms with E-state index in [4.69, 9.17) is 0 Å². The summed E-state index contributed by atoms with van der Waals surface area (Å²) in [6.07, 6.45) is 0.460. The zero-order chi connectivity index (χ0) is 13.3. The van der Waals surface area contributed by atoms with Gasteiger partial charge in [-0.05, 0) is 31.4 Å². The number of aromatic hydroxyl groups is 1. The number of nitrogens with one attached hydrogen (secondary N) is 1. The first-order valence-corrected chi connectivity index (χ1v) is 5.93. The molecule has 1 aromatic heterocycles. The summed E-state index contributed by atoms with van der Waals surface area (Å²) in [5.74, 6) is 0.240. The average molecular weight is 244 g/mol. The highest BCUT2D eigenvalue weighted by Crippen LogP contribution is 2.24. The molecule has 0 aliphatic heterocycles. The van der Waals surface area contributed by atoms with Gasteiger partial charge >= 0.3 is 0 Å². The van der Waals surface area contributed by atoms with Crippen molar-refractivity contribution >= 4 is 0 Å². The molecule has 1 aromatic carbocycles. The highest BCUT2D eigenvalue weighted by molar-refractivity contribution is 5.64. The molecular formula is C14H16N2O2. The molecule has 1 heterocycles. The summed E-state index contributed by atoms with van der Waals surface area (Å²) >= 11 is 0. The maximum Gasteiger partial charge on any atom is 0.258 e. The second-order valence-electron chi connectivity index (χ2n) is 4.34. The van der Waals surface area contributed by atoms with E-state index < -0.39 is 0 Å². The van der Waals surface area contributed by atoms with Crippen LogP contribution in [0.2, 0.25) is 0 Å². The van der Waals surface area contributed by atoms with Gasteiger partial charge in [0.25, 0.3) is 5.56 Å². The third-order valence-corrected chi connectivity index (χ3v) is 3.07. The Bertz CT molecular complexity index is 624. The van der Waals surface area contributed by atoms with E-state index >= 15 is 0 Å². The first-order chi connectivity index (χ1) is 8.54. The lowest BCUT2D eigenvalue weighted by Crippen LogP contribution is -2.15. The van der Waals surface area contributed by atoms with Crippen LogP contribution < -0.4 is 5.56 Å². The summed E-state index contributed by atoms with van der Waals surface area (Å²) in [7, 11) is 0. The number of nitrogens with zero attached hydrogens (tertiary/aromatic N) is 1. The van der Waals surface area contributed by atoms with E-state index in [0.717, 1.165) is 16.7 Å². The third kappa shape index (κ3) is 2.01. The Balaban J connectivity index is 2.70. The number of rotatable bonds is 2. The Kier molecular flexibility index (Phi) is 3.19. The standard InChI is InChI=1S/C14H16N2O2/c1-4-10-13(17)15-12(16-14(10)18)11-8(2)6-5-7-9(11)3/h5-7H,4H2,1-3H3,(H2,15,16,17,18). The van der Waals surface area contributed by atoms with Crippen LogP contribution in [0.3, 0.4) is 0 Å². The van der Waals surface area contributed by atoms with Gasteiger partial charge in [-0.2, -0.15) is 4.98 Å². The van der Waals surface area contributed by atoms with Crippen molar-refractivity contribution in [2.24, 2.45) is 0 Å². The highest BCUT2D eigenvalue weighted by atomic mass is 16.3. The highest BCUT2D eigenvalue weighted by Gasteiger charge is 2.13. The molecule has 0 bridgehead atoms. The Hall–Kier alpha value is -2.10. The number of hydrogen-bond acceptors (Lipinski definition) is 3. The summed E-state index contributed by atoms with van der Waals surface area (Å²) in [6, 6.07) is 5.85. The van der Waals surface area contributed by atoms with Crippen molar-refractivity contribution in [3.63, 3.8) is 0 Å². The van der Waals surface area contributed by atoms with Crippen LogP contribution in [0.15, 0.2) is 23.0 Å². The monoisotopic (exact) mass is 244 g/mol. The molecule has 0 aliphatic rings. The Morgan fingerprint density at radius 3 is 2.39 bits per heavy atom. The van der Waals surface area contributed by atoms with Crippen LogP contribution in [0.1, 0.15) is 23.6 Å². The van der Waals surface area contributed by atoms with Crippen molar-refractivity contribution < 1.29 is 5.11 Å². The number of hydrogen-bond donors (Lipinski definition) is 2. The van der Waals surface area contributed by atoms with E-state index in [9.17, 15) is 9.90 Å². The van der Waals surface area contributed by atoms with Gasteiger partial charge in [0.1, 0.15) is 5.82 Å². The predicted octanol–water partition coefficient (Wildman–Crippen LogP) is 2.32. The molecule has 0 spiro atoms. The topological polar surface area (TPSA) is 66.0 Å². The van der Waals surface area contributed by atoms with E-state index in [0.29, 0.717) is 17.8 Å². The molecular weight excluding hydrogens is 228 g/mol. The van der Waals surface area contributed by atoms with Crippen molar-refractivity contribution in [1.82, 2.24) is 9.97 Å². The van der Waals surface area contributed by atoms with Gasteiger partial charge in [-0.25, -0.2) is 0 Å². The SMILES string of the molecule is CCc1c(O)nc(-c2c(C)cccc2C)[nH]c1=O. The van der Waals surface area contributed by atoms with Gasteiger partial charge in [-0.3, -0.25) is 4.79 Å². The maximum atomic E-state index is 11.8. The fourth-order valence-electron chi connectivity index (χ4n) is 2.11. The van der Waals surface area contributed by atoms with Crippen molar-refractivity contribution in [1.29, 1.82) is 0 Å². The van der Waals surface area contributed by atoms with Gasteiger partial charge in [0.05, 0.1) is 5.56 Å². The smallest absolute Gasteiger partial charge is 0.258 e. The summed E-state index contributed by atoms with van der Waals surface area (Å²) in [5.41, 5.74) is 2.95. The molecule has 94 valence electrons. The van der Waals surface area contributed by atoms with Gasteiger partial charge < -0.3 is 10.1 Å². The molecule has 4 nitrogen and oxygen atoms in total. The number of aromatic nitrogens is 2. The molecule has 0 fully saturated rings. The summed E-state index contributed by atoms with van der Waals surface area (Å²) in [6.45, 7) is 5.71. The second kappa shape index (κ2) is 4.64. The molecule has 0 saturated carbocycles. The Morgan fingerprint density at radius 1 is 1.28 bits per heavy atom. The van der Waals surface area contributed by atoms with Crippen LogP contribution >= 0.6 is 0 Å². The lowest BCUT2D eigenvalue weighted by Gasteiger charge is -2.10. The molecule has 2 rings (SSSR count). The first kappa shape index (κ1) is 12.4. The molecule has 0 aliphatic carbocycles. The fourth-order valence-corrected chi connectivity index (χ4v) is 2.11. The molecule has 2 aromatic rings. The van der Waals surface area contributed by atoms with Crippen molar-refractivity contribution in [3.8, 4) is 17.3 Å². The third-order valence-electron chi connectivity index (χ3n) is 3.07. The zero-order valence-corrected chi connectivity index (χ0v) is 10.7. The van der Waals surface area contributed by atoms with Gasteiger partial charge in [0.2, 0.25) is 5.88 Å². The summed E-state index contributed by atoms with van der Waals surface area (Å²) in [4.78, 5) is 18.7. The molecule has 18 heavy (non-hydrogen) atoms. The fraction of sp³-hybridized carbons (Fsp3) is 0.286. The van der Waals surface area contributed by atoms with Crippen LogP contribution in [-0.4, -0.2) is 15.1 Å². The minimum Gasteiger partial charge on any atom is -0.493 e. The van der Waals surface area contributed by atoms with E-state index in [1.807, 2.05) is 39.0 Å². The zero-order valence-electron chi connectivity index (χ0n) is 10.7. The van der Waals surface area contributed by atoms with Crippen LogP contribution in [-0.2, 0) is 6.42 Å². The second-order valence-corrected chi connectivity index (χ2v) is 4.34. The normalized spacial score (nSPS) is 10.6. The van der Waals surface area contributed by atoms with Gasteiger partial charge in [-0.1, -0.05) is 25.1 Å². The van der Waals surface area contributed by atoms with Crippen molar-refractivity contribution in [2.75, 3.05) is 0 Å². The van der Waals surface area contributed by atoms with Gasteiger partial charge in [-0.15, -0.1) is 0 Å². The molecule has 2 N–H and O–H groups in total. The minimum absolute atomic E-state index is 0.182. The quantitative estimate of drug-likeness (QED) is 0.852. The largest absolute Gasteiger partial charge is 0.493 e. The lowest BCUT2D eigenvalue weighted by atomic mass is 10.0. The van der Waals surface area contributed by atoms with Crippen molar-refractivity contribution in [3.05, 3.63) is 45.2 Å². The Morgan fingerprint density at radius 2 is 1.89 bits per heavy atom. The molecule has 0 atom stereocenters. The van der Waals surface area contributed by atoms with Crippen molar-refractivity contribution in [2.45, 2.75) is 27.2 Å². The van der Waals surface area contributed by atoms with Crippen LogP contribution in [0, 0.1) is 13.8 Å². The lowest BCUT2D eigenvalue weighted by molar-refractivity contribution is 0.444. The number of aryl methyl sites for hydroxylation is 2. The maximum absolute atomic E-state index is 11.8. The van der Waals surface area contributed by atoms with Crippen LogP contribution in [0.5, 0.6) is 5.88 Å². The first-order valence-electron chi connectivity index (χ1n) is 5.93. The van der Waals surface area contributed by atoms with E-state index in [-0.39, 0.29) is 11.4 Å². The van der Waals surface area contributed by atoms with Gasteiger partial charge in [0, 0.05) is 5.56 Å². The molecule has 0 unspecified atom stereocenters. The molecule has 0 saturated heterocycles. The van der Waals surface area contributed by atoms with E-state index in [1.165, 1.54) is 0 Å². The molecule has 4 heteroatoms. The minimum atomic E-state index is -0.275. The number of H-pyrrole nitrogens is 1. The van der Waals surface area contributed by atoms with Crippen LogP contribution in [0.25, 0.3) is 11.4 Å². The van der Waals surface area contributed by atoms with E-state index in [2.05, 4.69) is 9.97 Å². The van der Waals surface area contributed by atoms with Gasteiger partial charge in [0.15, 0.2) is 0 Å². The van der Waals surface area contributed by atoms with E-state index in [1.54, 1.807) is 0 Å². The number of aromatic amines is 1. The summed E-state index contributed by atoms with van der Waals surface area (Å²) < 4.78 is 0. The van der Waals surface area contributed by atoms with Crippen LogP contribution in [0.4, 0.5) is 0 Å². The number of benzene rings is 1. The Labute approximate surface area is 105 Å². The molecule has 0 radical (unpaired) electrons. The molecule has 0 amide bonds. The predicted molar refractivity (Wildman–Crippen MR) is 70.8 cm³/mol.